The fraction of sp³-hybridized carbons (Fsp3) is 0.545. The van der Waals surface area contributed by atoms with E-state index >= 15 is 0 Å². The predicted octanol–water partition coefficient (Wildman–Crippen LogP) is 5.05. The maximum atomic E-state index is 11.3. The van der Waals surface area contributed by atoms with Gasteiger partial charge >= 0.3 is 5.97 Å². The van der Waals surface area contributed by atoms with Crippen LogP contribution in [-0.4, -0.2) is 35.8 Å². The van der Waals surface area contributed by atoms with Gasteiger partial charge in [-0.2, -0.15) is 5.10 Å². The molecule has 30 heavy (non-hydrogen) atoms. The molecule has 1 unspecified atom stereocenters. The molecule has 1 fully saturated rings. The van der Waals surface area contributed by atoms with Crippen LogP contribution in [0.4, 0.5) is 5.82 Å². The van der Waals surface area contributed by atoms with E-state index in [1.807, 2.05) is 26.1 Å². The van der Waals surface area contributed by atoms with Gasteiger partial charge in [0.25, 0.3) is 0 Å². The number of H-pyrrole nitrogens is 1. The van der Waals surface area contributed by atoms with Crippen LogP contribution in [-0.2, 0) is 4.79 Å². The van der Waals surface area contributed by atoms with Crippen LogP contribution < -0.4 is 5.73 Å². The quantitative estimate of drug-likeness (QED) is 0.537. The smallest absolute Gasteiger partial charge is 0.305 e. The summed E-state index contributed by atoms with van der Waals surface area (Å²) in [6.07, 6.45) is 10.8. The number of nitrogens with zero attached hydrogens (tertiary/aromatic N) is 4. The molecule has 3 heterocycles. The lowest BCUT2D eigenvalue weighted by molar-refractivity contribution is -0.138. The zero-order chi connectivity index (χ0) is 22.1. The van der Waals surface area contributed by atoms with E-state index in [1.54, 1.807) is 10.9 Å². The highest BCUT2D eigenvalue weighted by Crippen LogP contribution is 2.38. The van der Waals surface area contributed by atoms with Gasteiger partial charge in [-0.05, 0) is 24.8 Å². The molecule has 0 bridgehead atoms. The molecule has 3 aromatic heterocycles. The first-order valence-electron chi connectivity index (χ1n) is 10.9. The molecule has 4 N–H and O–H groups in total. The number of fused-ring (bicyclic) bond motifs is 1. The van der Waals surface area contributed by atoms with Gasteiger partial charge in [-0.25, -0.2) is 9.97 Å². The van der Waals surface area contributed by atoms with Gasteiger partial charge in [-0.3, -0.25) is 9.48 Å². The van der Waals surface area contributed by atoms with Crippen LogP contribution in [0.15, 0.2) is 24.8 Å². The largest absolute Gasteiger partial charge is 0.481 e. The molecule has 3 aromatic rings. The number of nitrogen functional groups attached to an aromatic ring is 1. The van der Waals surface area contributed by atoms with E-state index in [0.29, 0.717) is 23.0 Å². The highest BCUT2D eigenvalue weighted by Gasteiger charge is 2.30. The van der Waals surface area contributed by atoms with Gasteiger partial charge in [0.15, 0.2) is 5.82 Å². The van der Waals surface area contributed by atoms with Crippen molar-refractivity contribution in [1.82, 2.24) is 24.7 Å². The highest BCUT2D eigenvalue weighted by atomic mass is 16.4. The minimum atomic E-state index is -0.817. The van der Waals surface area contributed by atoms with Crippen molar-refractivity contribution in [2.24, 2.45) is 5.92 Å². The van der Waals surface area contributed by atoms with Gasteiger partial charge in [-0.15, -0.1) is 0 Å². The molecule has 1 aliphatic rings. The molecule has 0 saturated heterocycles. The average Bonchev–Trinajstić information content (AvgIpc) is 3.48. The van der Waals surface area contributed by atoms with Crippen LogP contribution in [0.5, 0.6) is 0 Å². The summed E-state index contributed by atoms with van der Waals surface area (Å²) in [6, 6.07) is 1.72. The Bertz CT molecular complexity index is 927. The summed E-state index contributed by atoms with van der Waals surface area (Å²) in [5.41, 5.74) is 8.29. The Morgan fingerprint density at radius 1 is 1.30 bits per heavy atom. The lowest BCUT2D eigenvalue weighted by Crippen LogP contribution is -2.21. The highest BCUT2D eigenvalue weighted by molar-refractivity contribution is 5.92. The lowest BCUT2D eigenvalue weighted by atomic mass is 9.95. The van der Waals surface area contributed by atoms with Crippen molar-refractivity contribution in [1.29, 1.82) is 0 Å². The second kappa shape index (κ2) is 11.3. The van der Waals surface area contributed by atoms with Crippen molar-refractivity contribution < 1.29 is 9.90 Å². The van der Waals surface area contributed by atoms with Crippen molar-refractivity contribution in [3.8, 4) is 11.3 Å². The molecule has 1 atom stereocenters. The Balaban J connectivity index is 0.000000590. The second-order valence-electron chi connectivity index (χ2n) is 7.29. The molecule has 1 aliphatic carbocycles. The molecule has 8 heteroatoms. The van der Waals surface area contributed by atoms with E-state index in [9.17, 15) is 9.90 Å². The summed E-state index contributed by atoms with van der Waals surface area (Å²) >= 11 is 0. The van der Waals surface area contributed by atoms with Crippen molar-refractivity contribution in [2.45, 2.75) is 72.3 Å². The first-order valence-corrected chi connectivity index (χ1v) is 10.9. The Hall–Kier alpha value is -2.90. The number of aliphatic carboxylic acids is 1. The number of anilines is 1. The molecule has 0 spiro atoms. The zero-order valence-electron chi connectivity index (χ0n) is 18.4. The van der Waals surface area contributed by atoms with Gasteiger partial charge in [0.2, 0.25) is 0 Å². The van der Waals surface area contributed by atoms with Crippen molar-refractivity contribution >= 4 is 22.8 Å². The minimum absolute atomic E-state index is 0.0502. The molecular formula is C22H34N6O2. The van der Waals surface area contributed by atoms with Crippen LogP contribution in [0.1, 0.15) is 72.3 Å². The van der Waals surface area contributed by atoms with E-state index in [4.69, 9.17) is 5.73 Å². The third-order valence-corrected chi connectivity index (χ3v) is 5.04. The molecule has 0 radical (unpaired) electrons. The van der Waals surface area contributed by atoms with Crippen LogP contribution in [0.25, 0.3) is 22.3 Å². The van der Waals surface area contributed by atoms with Crippen LogP contribution in [0.3, 0.4) is 0 Å². The van der Waals surface area contributed by atoms with E-state index in [-0.39, 0.29) is 12.5 Å². The standard InChI is InChI=1S/C17H20N6O2.C3H8.C2H6/c18-16-12(15-11-5-6-19-17(11)21-9-20-15)8-23(22-16)13(7-14(24)25)10-3-1-2-4-10;1-3-2;1-2/h5-6,8-10,13H,1-4,7H2,(H2,18,22)(H,24,25)(H,19,20,21);3H2,1-2H3;1-2H3. The molecule has 0 aliphatic heterocycles. The molecule has 4 rings (SSSR count). The molecule has 0 amide bonds. The molecule has 1 saturated carbocycles. The number of carboxylic acids is 1. The summed E-state index contributed by atoms with van der Waals surface area (Å²) in [5, 5.41) is 14.6. The maximum absolute atomic E-state index is 11.3. The van der Waals surface area contributed by atoms with Gasteiger partial charge in [0.05, 0.1) is 23.7 Å². The monoisotopic (exact) mass is 414 g/mol. The number of nitrogens with two attached hydrogens (primary N) is 1. The Morgan fingerprint density at radius 2 is 1.97 bits per heavy atom. The summed E-state index contributed by atoms with van der Waals surface area (Å²) in [4.78, 5) is 22.9. The molecule has 0 aromatic carbocycles. The number of aromatic nitrogens is 5. The molecule has 164 valence electrons. The zero-order valence-corrected chi connectivity index (χ0v) is 18.4. The third kappa shape index (κ3) is 5.37. The minimum Gasteiger partial charge on any atom is -0.481 e. The van der Waals surface area contributed by atoms with Crippen LogP contribution in [0, 0.1) is 5.92 Å². The first-order chi connectivity index (χ1) is 14.5. The summed E-state index contributed by atoms with van der Waals surface area (Å²) < 4.78 is 1.73. The maximum Gasteiger partial charge on any atom is 0.305 e. The first kappa shape index (κ1) is 23.4. The van der Waals surface area contributed by atoms with E-state index < -0.39 is 5.97 Å². The number of carboxylic acid groups (broad SMARTS) is 1. The summed E-state index contributed by atoms with van der Waals surface area (Å²) in [5.74, 6) is -0.141. The summed E-state index contributed by atoms with van der Waals surface area (Å²) in [7, 11) is 0. The summed E-state index contributed by atoms with van der Waals surface area (Å²) in [6.45, 7) is 8.25. The number of aromatic amines is 1. The Morgan fingerprint density at radius 3 is 2.60 bits per heavy atom. The fourth-order valence-corrected chi connectivity index (χ4v) is 3.84. The number of nitrogens with one attached hydrogen (secondary N) is 1. The van der Waals surface area contributed by atoms with E-state index in [0.717, 1.165) is 36.7 Å². The Labute approximate surface area is 177 Å². The number of hydrogen-bond donors (Lipinski definition) is 3. The lowest BCUT2D eigenvalue weighted by Gasteiger charge is -2.22. The predicted molar refractivity (Wildman–Crippen MR) is 120 cm³/mol. The van der Waals surface area contributed by atoms with Gasteiger partial charge < -0.3 is 15.8 Å². The fourth-order valence-electron chi connectivity index (χ4n) is 3.84. The van der Waals surface area contributed by atoms with Crippen molar-refractivity contribution in [2.75, 3.05) is 5.73 Å². The van der Waals surface area contributed by atoms with Gasteiger partial charge in [-0.1, -0.05) is 47.0 Å². The normalized spacial score (nSPS) is 14.5. The average molecular weight is 415 g/mol. The topological polar surface area (TPSA) is 123 Å². The van der Waals surface area contributed by atoms with Gasteiger partial charge in [0, 0.05) is 17.8 Å². The number of carbonyl (C=O) groups is 1. The molecular weight excluding hydrogens is 380 g/mol. The number of hydrogen-bond acceptors (Lipinski definition) is 5. The second-order valence-corrected chi connectivity index (χ2v) is 7.29. The SMILES string of the molecule is CC.CCC.Nc1nn(C(CC(=O)O)C2CCCC2)cc1-c1ncnc2[nH]ccc12. The van der Waals surface area contributed by atoms with Crippen molar-refractivity contribution in [3.63, 3.8) is 0 Å². The van der Waals surface area contributed by atoms with E-state index in [2.05, 4.69) is 33.9 Å². The molecule has 8 nitrogen and oxygen atoms in total. The van der Waals surface area contributed by atoms with E-state index in [1.165, 1.54) is 12.7 Å². The van der Waals surface area contributed by atoms with Gasteiger partial charge in [0.1, 0.15) is 12.0 Å². The third-order valence-electron chi connectivity index (χ3n) is 5.04. The van der Waals surface area contributed by atoms with Crippen LogP contribution >= 0.6 is 0 Å². The van der Waals surface area contributed by atoms with Crippen molar-refractivity contribution in [3.05, 3.63) is 24.8 Å². The number of rotatable bonds is 5. The van der Waals surface area contributed by atoms with Crippen LogP contribution in [0.2, 0.25) is 0 Å². The Kier molecular flexibility index (Phi) is 8.83.